The molecule has 1 heterocycles. The minimum absolute atomic E-state index is 0.0287. The third-order valence-corrected chi connectivity index (χ3v) is 7.82. The van der Waals surface area contributed by atoms with E-state index in [9.17, 15) is 31.9 Å². The van der Waals surface area contributed by atoms with Crippen molar-refractivity contribution in [2.75, 3.05) is 16.0 Å². The van der Waals surface area contributed by atoms with Crippen LogP contribution in [0.15, 0.2) is 36.4 Å². The highest BCUT2D eigenvalue weighted by Gasteiger charge is 2.57. The smallest absolute Gasteiger partial charge is 0.325 e. The second kappa shape index (κ2) is 9.91. The number of aromatic nitrogens is 1. The molecule has 0 bridgehead atoms. The first-order chi connectivity index (χ1) is 18.4. The Kier molecular flexibility index (Phi) is 6.88. The van der Waals surface area contributed by atoms with Crippen LogP contribution in [0, 0.1) is 18.2 Å². The Morgan fingerprint density at radius 1 is 1.03 bits per heavy atom. The van der Waals surface area contributed by atoms with Gasteiger partial charge in [-0.1, -0.05) is 22.9 Å². The van der Waals surface area contributed by atoms with Crippen LogP contribution in [0.4, 0.5) is 34.1 Å². The maximum Gasteiger partial charge on any atom is 0.416 e. The molecular weight excluding hydrogens is 560 g/mol. The van der Waals surface area contributed by atoms with Gasteiger partial charge in [0.2, 0.25) is 11.8 Å². The molecule has 3 aromatic rings. The summed E-state index contributed by atoms with van der Waals surface area (Å²) in [5.74, 6) is -2.46. The monoisotopic (exact) mass is 580 g/mol. The number of rotatable bonds is 7. The van der Waals surface area contributed by atoms with Gasteiger partial charge >= 0.3 is 6.18 Å². The van der Waals surface area contributed by atoms with Gasteiger partial charge in [0.1, 0.15) is 16.1 Å². The molecule has 3 amide bonds. The topological polar surface area (TPSA) is 100 Å². The number of nitrogens with zero attached hydrogens (tertiary/aromatic N) is 1. The zero-order valence-electron chi connectivity index (χ0n) is 20.3. The Morgan fingerprint density at radius 2 is 1.72 bits per heavy atom. The number of alkyl halides is 3. The Balaban J connectivity index is 1.33. The quantitative estimate of drug-likeness (QED) is 0.213. The lowest BCUT2D eigenvalue weighted by Gasteiger charge is -2.14. The van der Waals surface area contributed by atoms with Crippen molar-refractivity contribution in [2.45, 2.75) is 44.7 Å². The van der Waals surface area contributed by atoms with Gasteiger partial charge in [-0.05, 0) is 74.6 Å². The summed E-state index contributed by atoms with van der Waals surface area (Å²) in [5.41, 5.74) is -1.29. The highest BCUT2D eigenvalue weighted by atomic mass is 35.5. The summed E-state index contributed by atoms with van der Waals surface area (Å²) in [6, 6.07) is 6.65. The number of hydrogen-bond donors (Lipinski definition) is 3. The summed E-state index contributed by atoms with van der Waals surface area (Å²) < 4.78 is 53.1. The number of benzene rings is 2. The number of amides is 3. The first-order valence-electron chi connectivity index (χ1n) is 11.9. The minimum Gasteiger partial charge on any atom is -0.325 e. The molecule has 5 rings (SSSR count). The lowest BCUT2D eigenvalue weighted by molar-refractivity contribution is -0.137. The molecule has 2 fully saturated rings. The summed E-state index contributed by atoms with van der Waals surface area (Å²) in [4.78, 5) is 43.6. The van der Waals surface area contributed by atoms with Gasteiger partial charge in [0.05, 0.1) is 22.0 Å². The van der Waals surface area contributed by atoms with E-state index in [0.717, 1.165) is 48.4 Å². The maximum absolute atomic E-state index is 13.7. The molecular formula is C26H21ClF4N4O3S. The maximum atomic E-state index is 13.7. The van der Waals surface area contributed by atoms with E-state index in [-0.39, 0.29) is 45.2 Å². The average Bonchev–Trinajstić information content (AvgIpc) is 3.76. The van der Waals surface area contributed by atoms with Crippen molar-refractivity contribution in [2.24, 2.45) is 5.41 Å². The molecule has 0 unspecified atom stereocenters. The Bertz CT molecular complexity index is 1480. The molecule has 0 atom stereocenters. The fourth-order valence-electron chi connectivity index (χ4n) is 4.12. The van der Waals surface area contributed by atoms with Gasteiger partial charge < -0.3 is 16.0 Å². The highest BCUT2D eigenvalue weighted by molar-refractivity contribution is 7.17. The van der Waals surface area contributed by atoms with E-state index in [1.807, 2.05) is 0 Å². The SMILES string of the molecule is Cc1cc(F)cc(NC(=O)C2(C(=O)Nc3nc(C4CC4)c(C(=O)Nc4cc(C(F)(F)F)ccc4Cl)s3)CC2)c1. The fourth-order valence-corrected chi connectivity index (χ4v) is 5.22. The molecule has 0 aliphatic heterocycles. The summed E-state index contributed by atoms with van der Waals surface area (Å²) in [6.07, 6.45) is -2.53. The lowest BCUT2D eigenvalue weighted by Crippen LogP contribution is -2.35. The number of halogens is 5. The van der Waals surface area contributed by atoms with E-state index in [2.05, 4.69) is 20.9 Å². The van der Waals surface area contributed by atoms with Crippen LogP contribution in [0.5, 0.6) is 0 Å². The summed E-state index contributed by atoms with van der Waals surface area (Å²) in [7, 11) is 0. The van der Waals surface area contributed by atoms with Crippen LogP contribution in [-0.2, 0) is 15.8 Å². The van der Waals surface area contributed by atoms with E-state index in [1.165, 1.54) is 6.07 Å². The molecule has 2 aliphatic rings. The number of thiazole rings is 1. The van der Waals surface area contributed by atoms with Gasteiger partial charge in [0.15, 0.2) is 5.13 Å². The van der Waals surface area contributed by atoms with Crippen LogP contribution >= 0.6 is 22.9 Å². The van der Waals surface area contributed by atoms with Crippen LogP contribution < -0.4 is 16.0 Å². The Hall–Kier alpha value is -3.51. The van der Waals surface area contributed by atoms with Gasteiger partial charge in [0, 0.05) is 11.6 Å². The van der Waals surface area contributed by atoms with Crippen LogP contribution in [0.2, 0.25) is 5.02 Å². The largest absolute Gasteiger partial charge is 0.416 e. The average molecular weight is 581 g/mol. The van der Waals surface area contributed by atoms with Crippen molar-refractivity contribution in [3.63, 3.8) is 0 Å². The van der Waals surface area contributed by atoms with E-state index < -0.39 is 40.7 Å². The van der Waals surface area contributed by atoms with Crippen molar-refractivity contribution in [1.29, 1.82) is 0 Å². The van der Waals surface area contributed by atoms with Crippen molar-refractivity contribution in [1.82, 2.24) is 4.98 Å². The van der Waals surface area contributed by atoms with Crippen LogP contribution in [0.1, 0.15) is 58.1 Å². The van der Waals surface area contributed by atoms with Gasteiger partial charge in [-0.3, -0.25) is 14.4 Å². The van der Waals surface area contributed by atoms with E-state index in [0.29, 0.717) is 11.3 Å². The van der Waals surface area contributed by atoms with Crippen LogP contribution in [0.3, 0.4) is 0 Å². The molecule has 0 spiro atoms. The summed E-state index contributed by atoms with van der Waals surface area (Å²) in [6.45, 7) is 1.67. The number of carbonyl (C=O) groups is 3. The van der Waals surface area contributed by atoms with Crippen LogP contribution in [0.25, 0.3) is 0 Å². The lowest BCUT2D eigenvalue weighted by atomic mass is 10.0. The second-order valence-electron chi connectivity index (χ2n) is 9.66. The van der Waals surface area contributed by atoms with E-state index in [1.54, 1.807) is 13.0 Å². The van der Waals surface area contributed by atoms with Gasteiger partial charge in [-0.15, -0.1) is 0 Å². The standard InChI is InChI=1S/C26H21ClF4N4O3S/c1-12-8-15(28)11-16(9-12)32-22(37)25(6-7-25)23(38)35-24-34-19(13-2-3-13)20(39-24)21(36)33-18-10-14(26(29,30)31)4-5-17(18)27/h4-5,8-11,13H,2-3,6-7H2,1H3,(H,32,37)(H,33,36)(H,34,35,38). The number of hydrogen-bond acceptors (Lipinski definition) is 5. The normalized spacial score (nSPS) is 15.9. The van der Waals surface area contributed by atoms with Crippen molar-refractivity contribution in [3.05, 3.63) is 68.9 Å². The Labute approximate surface area is 229 Å². The van der Waals surface area contributed by atoms with Crippen molar-refractivity contribution in [3.8, 4) is 0 Å². The first-order valence-corrected chi connectivity index (χ1v) is 13.1. The molecule has 39 heavy (non-hydrogen) atoms. The minimum atomic E-state index is -4.62. The van der Waals surface area contributed by atoms with Gasteiger partial charge in [-0.25, -0.2) is 9.37 Å². The molecule has 7 nitrogen and oxygen atoms in total. The molecule has 204 valence electrons. The number of anilines is 3. The molecule has 13 heteroatoms. The number of aryl methyl sites for hydroxylation is 1. The zero-order chi connectivity index (χ0) is 28.1. The summed E-state index contributed by atoms with van der Waals surface area (Å²) in [5, 5.41) is 7.64. The molecule has 1 aromatic heterocycles. The molecule has 0 saturated heterocycles. The third-order valence-electron chi connectivity index (χ3n) is 6.51. The molecule has 3 N–H and O–H groups in total. The highest BCUT2D eigenvalue weighted by Crippen LogP contribution is 2.49. The Morgan fingerprint density at radius 3 is 2.33 bits per heavy atom. The summed E-state index contributed by atoms with van der Waals surface area (Å²) >= 11 is 6.88. The fraction of sp³-hybridized carbons (Fsp3) is 0.308. The van der Waals surface area contributed by atoms with Crippen LogP contribution in [-0.4, -0.2) is 22.7 Å². The second-order valence-corrected chi connectivity index (χ2v) is 11.1. The predicted octanol–water partition coefficient (Wildman–Crippen LogP) is 6.75. The van der Waals surface area contributed by atoms with Gasteiger partial charge in [0.25, 0.3) is 5.91 Å². The van der Waals surface area contributed by atoms with E-state index >= 15 is 0 Å². The third kappa shape index (κ3) is 5.76. The molecule has 0 radical (unpaired) electrons. The molecule has 2 aliphatic carbocycles. The number of carbonyl (C=O) groups excluding carboxylic acids is 3. The first kappa shape index (κ1) is 27.1. The van der Waals surface area contributed by atoms with Crippen molar-refractivity contribution >= 4 is 57.2 Å². The van der Waals surface area contributed by atoms with Crippen molar-refractivity contribution < 1.29 is 31.9 Å². The number of nitrogens with one attached hydrogen (secondary N) is 3. The molecule has 2 aromatic carbocycles. The zero-order valence-corrected chi connectivity index (χ0v) is 21.9. The molecule has 2 saturated carbocycles. The predicted molar refractivity (Wildman–Crippen MR) is 139 cm³/mol. The van der Waals surface area contributed by atoms with E-state index in [4.69, 9.17) is 11.6 Å². The van der Waals surface area contributed by atoms with Gasteiger partial charge in [-0.2, -0.15) is 13.2 Å².